The molecule has 2 rings (SSSR count). The van der Waals surface area contributed by atoms with E-state index in [1.807, 2.05) is 4.57 Å². The molecule has 0 bridgehead atoms. The Morgan fingerprint density at radius 3 is 2.83 bits per heavy atom. The van der Waals surface area contributed by atoms with Gasteiger partial charge in [-0.3, -0.25) is 4.79 Å². The Labute approximate surface area is 111 Å². The molecule has 1 heterocycles. The van der Waals surface area contributed by atoms with Gasteiger partial charge in [0.15, 0.2) is 5.16 Å². The van der Waals surface area contributed by atoms with Crippen LogP contribution in [0.15, 0.2) is 11.5 Å². The number of aliphatic carboxylic acids is 1. The summed E-state index contributed by atoms with van der Waals surface area (Å²) >= 11 is 1.25. The second kappa shape index (κ2) is 5.30. The lowest BCUT2D eigenvalue weighted by molar-refractivity contribution is -0.133. The Hall–Kier alpha value is -1.04. The van der Waals surface area contributed by atoms with Gasteiger partial charge in [-0.2, -0.15) is 0 Å². The van der Waals surface area contributed by atoms with Gasteiger partial charge in [-0.25, -0.2) is 0 Å². The zero-order valence-corrected chi connectivity index (χ0v) is 11.6. The van der Waals surface area contributed by atoms with E-state index in [1.54, 1.807) is 6.33 Å². The van der Waals surface area contributed by atoms with E-state index in [1.165, 1.54) is 24.6 Å². The molecule has 0 atom stereocenters. The summed E-state index contributed by atoms with van der Waals surface area (Å²) in [5.74, 6) is -0.781. The van der Waals surface area contributed by atoms with E-state index in [2.05, 4.69) is 24.0 Å². The first-order chi connectivity index (χ1) is 8.48. The lowest BCUT2D eigenvalue weighted by Gasteiger charge is -2.34. The van der Waals surface area contributed by atoms with Crippen molar-refractivity contribution in [3.8, 4) is 0 Å². The smallest absolute Gasteiger partial charge is 0.313 e. The van der Waals surface area contributed by atoms with Crippen molar-refractivity contribution in [1.29, 1.82) is 0 Å². The maximum Gasteiger partial charge on any atom is 0.313 e. The van der Waals surface area contributed by atoms with Crippen LogP contribution in [-0.4, -0.2) is 31.6 Å². The van der Waals surface area contributed by atoms with E-state index < -0.39 is 5.97 Å². The monoisotopic (exact) mass is 269 g/mol. The fraction of sp³-hybridized carbons (Fsp3) is 0.750. The van der Waals surface area contributed by atoms with E-state index in [9.17, 15) is 4.79 Å². The number of carboxylic acid groups (broad SMARTS) is 1. The zero-order valence-electron chi connectivity index (χ0n) is 10.8. The average Bonchev–Trinajstić information content (AvgIpc) is 2.74. The van der Waals surface area contributed by atoms with Crippen molar-refractivity contribution in [2.24, 2.45) is 5.41 Å². The minimum Gasteiger partial charge on any atom is -0.481 e. The minimum atomic E-state index is -0.820. The lowest BCUT2D eigenvalue weighted by Crippen LogP contribution is -2.23. The van der Waals surface area contributed by atoms with Gasteiger partial charge in [0.25, 0.3) is 0 Å². The Bertz CT molecular complexity index is 421. The molecule has 1 aromatic heterocycles. The van der Waals surface area contributed by atoms with Crippen molar-refractivity contribution in [2.45, 2.75) is 50.7 Å². The molecule has 1 aliphatic carbocycles. The van der Waals surface area contributed by atoms with Gasteiger partial charge in [-0.15, -0.1) is 10.2 Å². The molecule has 1 aromatic rings. The fourth-order valence-corrected chi connectivity index (χ4v) is 3.08. The predicted octanol–water partition coefficient (Wildman–Crippen LogP) is 2.60. The summed E-state index contributed by atoms with van der Waals surface area (Å²) in [5, 5.41) is 17.4. The molecule has 0 saturated heterocycles. The molecule has 0 aliphatic heterocycles. The Balaban J connectivity index is 2.01. The molecule has 0 amide bonds. The van der Waals surface area contributed by atoms with Crippen LogP contribution in [0.3, 0.4) is 0 Å². The highest BCUT2D eigenvalue weighted by Gasteiger charge is 2.28. The summed E-state index contributed by atoms with van der Waals surface area (Å²) in [6, 6.07) is 0.421. The highest BCUT2D eigenvalue weighted by molar-refractivity contribution is 7.99. The molecule has 1 aliphatic rings. The number of carboxylic acids is 1. The van der Waals surface area contributed by atoms with Crippen LogP contribution in [0.5, 0.6) is 0 Å². The Morgan fingerprint density at radius 2 is 2.22 bits per heavy atom. The van der Waals surface area contributed by atoms with Crippen LogP contribution in [0.4, 0.5) is 0 Å². The second-order valence-corrected chi connectivity index (χ2v) is 6.54. The van der Waals surface area contributed by atoms with Gasteiger partial charge in [0.05, 0.1) is 5.75 Å². The van der Waals surface area contributed by atoms with Crippen molar-refractivity contribution in [1.82, 2.24) is 14.8 Å². The van der Waals surface area contributed by atoms with Gasteiger partial charge in [-0.05, 0) is 31.1 Å². The third kappa shape index (κ3) is 3.25. The quantitative estimate of drug-likeness (QED) is 0.851. The van der Waals surface area contributed by atoms with E-state index >= 15 is 0 Å². The molecule has 1 saturated carbocycles. The van der Waals surface area contributed by atoms with E-state index in [0.29, 0.717) is 11.5 Å². The Morgan fingerprint density at radius 1 is 1.56 bits per heavy atom. The number of hydrogen-bond acceptors (Lipinski definition) is 4. The molecule has 1 fully saturated rings. The fourth-order valence-electron chi connectivity index (χ4n) is 2.37. The van der Waals surface area contributed by atoms with Crippen LogP contribution in [-0.2, 0) is 4.79 Å². The lowest BCUT2D eigenvalue weighted by atomic mass is 9.75. The largest absolute Gasteiger partial charge is 0.481 e. The third-order valence-corrected chi connectivity index (χ3v) is 4.51. The minimum absolute atomic E-state index is 0.0386. The molecule has 0 unspecified atom stereocenters. The summed E-state index contributed by atoms with van der Waals surface area (Å²) < 4.78 is 2.04. The summed E-state index contributed by atoms with van der Waals surface area (Å²) in [7, 11) is 0. The SMILES string of the molecule is CC1(C)CCC(n2cnnc2SCC(=O)O)CC1. The third-order valence-electron chi connectivity index (χ3n) is 3.57. The number of nitrogens with zero attached hydrogens (tertiary/aromatic N) is 3. The molecule has 0 radical (unpaired) electrons. The van der Waals surface area contributed by atoms with Crippen LogP contribution in [0, 0.1) is 5.41 Å². The van der Waals surface area contributed by atoms with Crippen LogP contribution >= 0.6 is 11.8 Å². The molecule has 0 spiro atoms. The second-order valence-electron chi connectivity index (χ2n) is 5.60. The molecule has 18 heavy (non-hydrogen) atoms. The van der Waals surface area contributed by atoms with Crippen molar-refractivity contribution >= 4 is 17.7 Å². The van der Waals surface area contributed by atoms with Gasteiger partial charge >= 0.3 is 5.97 Å². The first-order valence-corrected chi connectivity index (χ1v) is 7.21. The van der Waals surface area contributed by atoms with Gasteiger partial charge in [-0.1, -0.05) is 25.6 Å². The molecule has 1 N–H and O–H groups in total. The van der Waals surface area contributed by atoms with Crippen molar-refractivity contribution < 1.29 is 9.90 Å². The van der Waals surface area contributed by atoms with Crippen molar-refractivity contribution in [3.05, 3.63) is 6.33 Å². The van der Waals surface area contributed by atoms with Crippen LogP contribution in [0.1, 0.15) is 45.6 Å². The van der Waals surface area contributed by atoms with Crippen LogP contribution in [0.2, 0.25) is 0 Å². The van der Waals surface area contributed by atoms with Gasteiger partial charge < -0.3 is 9.67 Å². The summed E-state index contributed by atoms with van der Waals surface area (Å²) in [6.07, 6.45) is 6.35. The van der Waals surface area contributed by atoms with Crippen molar-refractivity contribution in [2.75, 3.05) is 5.75 Å². The number of hydrogen-bond donors (Lipinski definition) is 1. The van der Waals surface area contributed by atoms with Gasteiger partial charge in [0, 0.05) is 6.04 Å². The summed E-state index contributed by atoms with van der Waals surface area (Å²) in [6.45, 7) is 4.60. The molecule has 100 valence electrons. The molecule has 0 aromatic carbocycles. The maximum atomic E-state index is 10.6. The number of aromatic nitrogens is 3. The summed E-state index contributed by atoms with van der Waals surface area (Å²) in [4.78, 5) is 10.6. The maximum absolute atomic E-state index is 10.6. The normalized spacial score (nSPS) is 19.9. The topological polar surface area (TPSA) is 68.0 Å². The predicted molar refractivity (Wildman–Crippen MR) is 69.7 cm³/mol. The number of carbonyl (C=O) groups is 1. The highest BCUT2D eigenvalue weighted by atomic mass is 32.2. The van der Waals surface area contributed by atoms with Gasteiger partial charge in [0.1, 0.15) is 6.33 Å². The van der Waals surface area contributed by atoms with Crippen LogP contribution in [0.25, 0.3) is 0 Å². The van der Waals surface area contributed by atoms with Gasteiger partial charge in [0.2, 0.25) is 0 Å². The first kappa shape index (κ1) is 13.4. The van der Waals surface area contributed by atoms with E-state index in [0.717, 1.165) is 18.0 Å². The zero-order chi connectivity index (χ0) is 13.2. The molecular weight excluding hydrogens is 250 g/mol. The first-order valence-electron chi connectivity index (χ1n) is 6.22. The van der Waals surface area contributed by atoms with E-state index in [4.69, 9.17) is 5.11 Å². The molecule has 5 nitrogen and oxygen atoms in total. The average molecular weight is 269 g/mol. The summed E-state index contributed by atoms with van der Waals surface area (Å²) in [5.41, 5.74) is 0.429. The number of thioether (sulfide) groups is 1. The van der Waals surface area contributed by atoms with Crippen molar-refractivity contribution in [3.63, 3.8) is 0 Å². The Kier molecular flexibility index (Phi) is 3.94. The molecule has 6 heteroatoms. The highest BCUT2D eigenvalue weighted by Crippen LogP contribution is 2.40. The number of rotatable bonds is 4. The molecular formula is C12H19N3O2S. The van der Waals surface area contributed by atoms with Crippen LogP contribution < -0.4 is 0 Å². The van der Waals surface area contributed by atoms with E-state index in [-0.39, 0.29) is 5.75 Å². The standard InChI is InChI=1S/C12H19N3O2S/c1-12(2)5-3-9(4-6-12)15-8-13-14-11(15)18-7-10(16)17/h8-9H,3-7H2,1-2H3,(H,16,17).